The monoisotopic (exact) mass is 571 g/mol. The summed E-state index contributed by atoms with van der Waals surface area (Å²) >= 11 is 1.78. The molecule has 2 amide bonds. The van der Waals surface area contributed by atoms with Crippen LogP contribution in [0.3, 0.4) is 0 Å². The van der Waals surface area contributed by atoms with Crippen molar-refractivity contribution in [1.82, 2.24) is 20.0 Å². The molecule has 0 atom stereocenters. The second-order valence-electron chi connectivity index (χ2n) is 8.80. The summed E-state index contributed by atoms with van der Waals surface area (Å²) in [5, 5.41) is 3.40. The van der Waals surface area contributed by atoms with Gasteiger partial charge in [-0.25, -0.2) is 9.79 Å². The van der Waals surface area contributed by atoms with Crippen molar-refractivity contribution < 1.29 is 14.3 Å². The number of nitrogens with zero attached hydrogens (tertiary/aromatic N) is 4. The number of aliphatic imine (C=N–C) groups is 1. The number of piperidine rings is 1. The van der Waals surface area contributed by atoms with Crippen LogP contribution in [0, 0.1) is 5.92 Å². The van der Waals surface area contributed by atoms with Gasteiger partial charge >= 0.3 is 6.09 Å². The Morgan fingerprint density at radius 2 is 1.84 bits per heavy atom. The van der Waals surface area contributed by atoms with Crippen LogP contribution in [0.25, 0.3) is 0 Å². The predicted molar refractivity (Wildman–Crippen MR) is 141 cm³/mol. The number of guanidine groups is 1. The van der Waals surface area contributed by atoms with Gasteiger partial charge in [0.15, 0.2) is 5.96 Å². The van der Waals surface area contributed by atoms with E-state index in [1.54, 1.807) is 35.7 Å². The second-order valence-corrected chi connectivity index (χ2v) is 9.78. The van der Waals surface area contributed by atoms with Gasteiger partial charge in [-0.1, -0.05) is 0 Å². The van der Waals surface area contributed by atoms with E-state index in [0.29, 0.717) is 19.0 Å². The van der Waals surface area contributed by atoms with Crippen LogP contribution in [-0.2, 0) is 9.53 Å². The minimum atomic E-state index is -0.480. The van der Waals surface area contributed by atoms with Crippen molar-refractivity contribution in [3.8, 4) is 0 Å². The number of likely N-dealkylation sites (tertiary alicyclic amines) is 1. The predicted octanol–water partition coefficient (Wildman–Crippen LogP) is 2.97. The third-order valence-corrected chi connectivity index (χ3v) is 5.49. The van der Waals surface area contributed by atoms with Gasteiger partial charge in [0.25, 0.3) is 0 Å². The number of ether oxygens (including phenoxy) is 1. The number of hydrogen-bond donors (Lipinski definition) is 1. The van der Waals surface area contributed by atoms with Crippen LogP contribution in [0.15, 0.2) is 4.99 Å². The number of hydrogen-bond acceptors (Lipinski definition) is 5. The van der Waals surface area contributed by atoms with E-state index in [1.165, 1.54) is 0 Å². The van der Waals surface area contributed by atoms with Gasteiger partial charge in [0, 0.05) is 52.6 Å². The quantitative estimate of drug-likeness (QED) is 0.209. The first kappa shape index (κ1) is 30.1. The molecule has 1 N–H and O–H groups in total. The second kappa shape index (κ2) is 15.0. The zero-order valence-electron chi connectivity index (χ0n) is 20.3. The fraction of sp³-hybridized carbons (Fsp3) is 0.857. The fourth-order valence-corrected chi connectivity index (χ4v) is 3.42. The Labute approximate surface area is 209 Å². The molecule has 0 saturated carbocycles. The van der Waals surface area contributed by atoms with Crippen LogP contribution in [0.4, 0.5) is 4.79 Å². The van der Waals surface area contributed by atoms with E-state index in [9.17, 15) is 9.59 Å². The molecule has 31 heavy (non-hydrogen) atoms. The number of carbonyl (C=O) groups is 2. The molecule has 0 spiro atoms. The third kappa shape index (κ3) is 12.1. The summed E-state index contributed by atoms with van der Waals surface area (Å²) in [4.78, 5) is 34.5. The lowest BCUT2D eigenvalue weighted by Crippen LogP contribution is -2.48. The van der Waals surface area contributed by atoms with Gasteiger partial charge in [0.1, 0.15) is 12.1 Å². The Morgan fingerprint density at radius 1 is 1.23 bits per heavy atom. The maximum Gasteiger partial charge on any atom is 0.410 e. The highest BCUT2D eigenvalue weighted by molar-refractivity contribution is 14.0. The average Bonchev–Trinajstić information content (AvgIpc) is 2.67. The maximum absolute atomic E-state index is 12.4. The molecule has 0 aromatic rings. The van der Waals surface area contributed by atoms with Gasteiger partial charge in [-0.3, -0.25) is 4.79 Å². The zero-order valence-corrected chi connectivity index (χ0v) is 23.4. The van der Waals surface area contributed by atoms with Crippen LogP contribution in [0.5, 0.6) is 0 Å². The third-order valence-electron chi connectivity index (χ3n) is 4.88. The molecule has 0 unspecified atom stereocenters. The van der Waals surface area contributed by atoms with Gasteiger partial charge in [-0.15, -0.1) is 24.0 Å². The lowest BCUT2D eigenvalue weighted by molar-refractivity contribution is -0.127. The highest BCUT2D eigenvalue weighted by Gasteiger charge is 2.27. The Hall–Kier alpha value is -0.910. The molecule has 0 radical (unpaired) electrons. The number of amides is 2. The molecule has 1 aliphatic heterocycles. The number of nitrogens with one attached hydrogen (secondary N) is 1. The lowest BCUT2D eigenvalue weighted by Gasteiger charge is -2.36. The number of thioether (sulfide) groups is 1. The molecule has 10 heteroatoms. The van der Waals surface area contributed by atoms with Crippen LogP contribution in [-0.4, -0.2) is 104 Å². The van der Waals surface area contributed by atoms with Crippen molar-refractivity contribution in [2.45, 2.75) is 46.1 Å². The van der Waals surface area contributed by atoms with Crippen LogP contribution >= 0.6 is 35.7 Å². The summed E-state index contributed by atoms with van der Waals surface area (Å²) in [6.07, 6.45) is 3.79. The molecule has 182 valence electrons. The first-order valence-corrected chi connectivity index (χ1v) is 12.2. The van der Waals surface area contributed by atoms with Gasteiger partial charge in [0.2, 0.25) is 5.91 Å². The Bertz CT molecular complexity index is 576. The van der Waals surface area contributed by atoms with E-state index in [1.807, 2.05) is 27.7 Å². The SMILES string of the molecule is CCN(CC1CCN(C(=NCC(=O)N(C)C)NCCSC)CC1)C(=O)OC(C)(C)C.I. The Kier molecular flexibility index (Phi) is 14.6. The van der Waals surface area contributed by atoms with Crippen LogP contribution in [0.2, 0.25) is 0 Å². The molecule has 1 aliphatic rings. The van der Waals surface area contributed by atoms with Gasteiger partial charge in [0.05, 0.1) is 0 Å². The molecule has 1 fully saturated rings. The number of rotatable bonds is 8. The van der Waals surface area contributed by atoms with Gasteiger partial charge < -0.3 is 24.8 Å². The molecule has 0 bridgehead atoms. The Balaban J connectivity index is 0.00000900. The first-order valence-electron chi connectivity index (χ1n) is 10.8. The van der Waals surface area contributed by atoms with Crippen molar-refractivity contribution in [2.24, 2.45) is 10.9 Å². The summed E-state index contributed by atoms with van der Waals surface area (Å²) in [6.45, 7) is 11.7. The van der Waals surface area contributed by atoms with Crippen molar-refractivity contribution in [3.05, 3.63) is 0 Å². The summed E-state index contributed by atoms with van der Waals surface area (Å²) < 4.78 is 5.53. The average molecular weight is 572 g/mol. The van der Waals surface area contributed by atoms with E-state index < -0.39 is 5.60 Å². The molecular formula is C21H42IN5O3S. The summed E-state index contributed by atoms with van der Waals surface area (Å²) in [7, 11) is 3.49. The molecule has 8 nitrogen and oxygen atoms in total. The van der Waals surface area contributed by atoms with E-state index >= 15 is 0 Å². The topological polar surface area (TPSA) is 77.5 Å². The lowest BCUT2D eigenvalue weighted by atomic mass is 9.96. The molecule has 1 rings (SSSR count). The molecule has 1 saturated heterocycles. The highest BCUT2D eigenvalue weighted by Crippen LogP contribution is 2.20. The summed E-state index contributed by atoms with van der Waals surface area (Å²) in [6, 6.07) is 0. The standard InChI is InChI=1S/C21H41N5O3S.HI/c1-8-25(20(28)29-21(2,3)4)16-17-9-12-26(13-10-17)19(22-11-14-30-7)23-15-18(27)24(5)6;/h17H,8-16H2,1-7H3,(H,22,23);1H. The minimum Gasteiger partial charge on any atom is -0.444 e. The van der Waals surface area contributed by atoms with Crippen molar-refractivity contribution in [3.63, 3.8) is 0 Å². The maximum atomic E-state index is 12.4. The van der Waals surface area contributed by atoms with Crippen molar-refractivity contribution in [2.75, 3.05) is 65.4 Å². The van der Waals surface area contributed by atoms with Gasteiger partial charge in [-0.2, -0.15) is 11.8 Å². The smallest absolute Gasteiger partial charge is 0.410 e. The molecule has 0 aliphatic carbocycles. The Morgan fingerprint density at radius 3 is 2.32 bits per heavy atom. The number of halogens is 1. The number of likely N-dealkylation sites (N-methyl/N-ethyl adjacent to an activating group) is 1. The molecular weight excluding hydrogens is 529 g/mol. The highest BCUT2D eigenvalue weighted by atomic mass is 127. The van der Waals surface area contributed by atoms with Crippen LogP contribution < -0.4 is 5.32 Å². The van der Waals surface area contributed by atoms with E-state index in [-0.39, 0.29) is 42.5 Å². The van der Waals surface area contributed by atoms with Crippen LogP contribution in [0.1, 0.15) is 40.5 Å². The molecule has 1 heterocycles. The molecule has 0 aromatic carbocycles. The minimum absolute atomic E-state index is 0. The van der Waals surface area contributed by atoms with Crippen molar-refractivity contribution in [1.29, 1.82) is 0 Å². The van der Waals surface area contributed by atoms with Crippen molar-refractivity contribution >= 4 is 53.7 Å². The van der Waals surface area contributed by atoms with Gasteiger partial charge in [-0.05, 0) is 52.7 Å². The normalized spacial score (nSPS) is 15.2. The summed E-state index contributed by atoms with van der Waals surface area (Å²) in [5.74, 6) is 2.21. The molecule has 0 aromatic heterocycles. The van der Waals surface area contributed by atoms with E-state index in [0.717, 1.165) is 44.2 Å². The zero-order chi connectivity index (χ0) is 22.7. The fourth-order valence-electron chi connectivity index (χ4n) is 3.11. The van der Waals surface area contributed by atoms with E-state index in [2.05, 4.69) is 21.5 Å². The van der Waals surface area contributed by atoms with E-state index in [4.69, 9.17) is 4.74 Å². The number of carbonyl (C=O) groups excluding carboxylic acids is 2. The summed E-state index contributed by atoms with van der Waals surface area (Å²) in [5.41, 5.74) is -0.480. The first-order chi connectivity index (χ1) is 14.1. The largest absolute Gasteiger partial charge is 0.444 e.